The van der Waals surface area contributed by atoms with Gasteiger partial charge < -0.3 is 21.3 Å². The molecule has 0 spiro atoms. The summed E-state index contributed by atoms with van der Waals surface area (Å²) >= 11 is 13.5. The number of nitrogens with zero attached hydrogens (tertiary/aromatic N) is 2. The van der Waals surface area contributed by atoms with Gasteiger partial charge in [-0.1, -0.05) is 46.7 Å². The van der Waals surface area contributed by atoms with Crippen LogP contribution in [-0.4, -0.2) is 42.9 Å². The molecule has 0 fully saturated rings. The van der Waals surface area contributed by atoms with Gasteiger partial charge in [0.15, 0.2) is 5.13 Å². The van der Waals surface area contributed by atoms with Crippen LogP contribution in [0, 0.1) is 0 Å². The van der Waals surface area contributed by atoms with Crippen molar-refractivity contribution in [1.82, 2.24) is 9.88 Å². The first-order valence-corrected chi connectivity index (χ1v) is 10.9. The Morgan fingerprint density at radius 3 is 2.50 bits per heavy atom. The number of carbonyl (C=O) groups is 1. The normalized spacial score (nSPS) is 11.0. The Balaban J connectivity index is 1.72. The van der Waals surface area contributed by atoms with Gasteiger partial charge in [-0.2, -0.15) is 0 Å². The van der Waals surface area contributed by atoms with Crippen LogP contribution in [0.2, 0.25) is 10.0 Å². The maximum atomic E-state index is 12.9. The van der Waals surface area contributed by atoms with Crippen molar-refractivity contribution in [3.05, 3.63) is 63.0 Å². The van der Waals surface area contributed by atoms with Crippen molar-refractivity contribution in [3.63, 3.8) is 0 Å². The molecule has 2 aromatic carbocycles. The molecule has 1 heterocycles. The number of nitrogens with one attached hydrogen (secondary N) is 2. The molecule has 0 saturated carbocycles. The van der Waals surface area contributed by atoms with Crippen LogP contribution in [0.25, 0.3) is 0 Å². The molecule has 0 aliphatic rings. The van der Waals surface area contributed by atoms with Crippen LogP contribution < -0.4 is 16.4 Å². The third-order valence-electron chi connectivity index (χ3n) is 4.27. The SMILES string of the molecule is CN(C)CCCNc1cccc(Nc2nc(N)c(C(=O)c3c(Cl)cccc3Cl)s2)c1. The minimum atomic E-state index is -0.343. The number of thiazole rings is 1. The van der Waals surface area contributed by atoms with Crippen LogP contribution in [0.15, 0.2) is 42.5 Å². The first-order chi connectivity index (χ1) is 14.3. The summed E-state index contributed by atoms with van der Waals surface area (Å²) in [5.74, 6) is -0.202. The van der Waals surface area contributed by atoms with Crippen LogP contribution in [0.5, 0.6) is 0 Å². The lowest BCUT2D eigenvalue weighted by molar-refractivity contribution is 0.104. The van der Waals surface area contributed by atoms with Gasteiger partial charge in [-0.25, -0.2) is 4.98 Å². The summed E-state index contributed by atoms with van der Waals surface area (Å²) < 4.78 is 0. The van der Waals surface area contributed by atoms with Crippen molar-refractivity contribution in [3.8, 4) is 0 Å². The van der Waals surface area contributed by atoms with Gasteiger partial charge >= 0.3 is 0 Å². The number of halogens is 2. The number of hydrogen-bond acceptors (Lipinski definition) is 7. The van der Waals surface area contributed by atoms with Crippen molar-refractivity contribution >= 4 is 62.6 Å². The molecule has 0 radical (unpaired) electrons. The molecule has 0 aliphatic heterocycles. The van der Waals surface area contributed by atoms with Crippen LogP contribution in [0.3, 0.4) is 0 Å². The average molecular weight is 464 g/mol. The third-order valence-corrected chi connectivity index (χ3v) is 5.89. The highest BCUT2D eigenvalue weighted by Crippen LogP contribution is 2.34. The largest absolute Gasteiger partial charge is 0.385 e. The highest BCUT2D eigenvalue weighted by Gasteiger charge is 2.22. The van der Waals surface area contributed by atoms with E-state index in [1.54, 1.807) is 18.2 Å². The molecule has 1 aromatic heterocycles. The van der Waals surface area contributed by atoms with Gasteiger partial charge in [-0.3, -0.25) is 4.79 Å². The summed E-state index contributed by atoms with van der Waals surface area (Å²) in [5.41, 5.74) is 8.08. The Hall–Kier alpha value is -2.32. The summed E-state index contributed by atoms with van der Waals surface area (Å²) in [6.07, 6.45) is 1.05. The second-order valence-electron chi connectivity index (χ2n) is 6.95. The second kappa shape index (κ2) is 10.1. The van der Waals surface area contributed by atoms with E-state index < -0.39 is 0 Å². The fourth-order valence-corrected chi connectivity index (χ4v) is 4.26. The Kier molecular flexibility index (Phi) is 7.55. The van der Waals surface area contributed by atoms with E-state index in [0.29, 0.717) is 10.0 Å². The Bertz CT molecular complexity index is 1020. The number of rotatable bonds is 9. The number of anilines is 4. The fraction of sp³-hybridized carbons (Fsp3) is 0.238. The molecule has 4 N–H and O–H groups in total. The van der Waals surface area contributed by atoms with Crippen molar-refractivity contribution in [2.24, 2.45) is 0 Å². The number of aromatic nitrogens is 1. The van der Waals surface area contributed by atoms with Crippen LogP contribution in [-0.2, 0) is 0 Å². The zero-order chi connectivity index (χ0) is 21.7. The molecule has 158 valence electrons. The molecule has 30 heavy (non-hydrogen) atoms. The molecule has 3 aromatic rings. The van der Waals surface area contributed by atoms with E-state index >= 15 is 0 Å². The van der Waals surface area contributed by atoms with Crippen molar-refractivity contribution in [2.45, 2.75) is 6.42 Å². The molecule has 0 atom stereocenters. The summed E-state index contributed by atoms with van der Waals surface area (Å²) in [5, 5.41) is 7.69. The topological polar surface area (TPSA) is 83.3 Å². The van der Waals surface area contributed by atoms with Crippen molar-refractivity contribution in [1.29, 1.82) is 0 Å². The van der Waals surface area contributed by atoms with E-state index in [1.165, 1.54) is 11.3 Å². The first-order valence-electron chi connectivity index (χ1n) is 9.36. The highest BCUT2D eigenvalue weighted by atomic mass is 35.5. The van der Waals surface area contributed by atoms with Crippen molar-refractivity contribution in [2.75, 3.05) is 43.6 Å². The van der Waals surface area contributed by atoms with E-state index in [0.717, 1.165) is 30.9 Å². The summed E-state index contributed by atoms with van der Waals surface area (Å²) in [4.78, 5) is 19.6. The van der Waals surface area contributed by atoms with E-state index in [-0.39, 0.29) is 27.2 Å². The number of hydrogen-bond donors (Lipinski definition) is 3. The van der Waals surface area contributed by atoms with Crippen molar-refractivity contribution < 1.29 is 4.79 Å². The lowest BCUT2D eigenvalue weighted by Gasteiger charge is -2.11. The lowest BCUT2D eigenvalue weighted by Crippen LogP contribution is -2.16. The molecule has 3 rings (SSSR count). The standard InChI is InChI=1S/C21H23Cl2N5OS/c1-28(2)11-5-10-25-13-6-3-7-14(12-13)26-21-27-20(24)19(30-21)18(29)17-15(22)8-4-9-16(17)23/h3-4,6-9,12,25H,5,10-11,24H2,1-2H3,(H,26,27). The number of benzene rings is 2. The van der Waals surface area contributed by atoms with Crippen LogP contribution in [0.1, 0.15) is 21.7 Å². The van der Waals surface area contributed by atoms with E-state index in [2.05, 4.69) is 34.6 Å². The molecule has 0 unspecified atom stereocenters. The van der Waals surface area contributed by atoms with Gasteiger partial charge in [0.25, 0.3) is 0 Å². The van der Waals surface area contributed by atoms with Gasteiger partial charge in [0.1, 0.15) is 10.7 Å². The Labute approximate surface area is 190 Å². The molecule has 0 saturated heterocycles. The lowest BCUT2D eigenvalue weighted by atomic mass is 10.1. The van der Waals surface area contributed by atoms with Gasteiger partial charge in [0.05, 0.1) is 15.6 Å². The number of nitrogen functional groups attached to an aromatic ring is 1. The zero-order valence-corrected chi connectivity index (χ0v) is 19.0. The monoisotopic (exact) mass is 463 g/mol. The predicted octanol–water partition coefficient (Wildman–Crippen LogP) is 5.37. The fourth-order valence-electron chi connectivity index (χ4n) is 2.83. The molecule has 0 bridgehead atoms. The number of ketones is 1. The van der Waals surface area contributed by atoms with Gasteiger partial charge in [-0.05, 0) is 57.4 Å². The van der Waals surface area contributed by atoms with E-state index in [4.69, 9.17) is 28.9 Å². The quantitative estimate of drug-likeness (QED) is 0.292. The second-order valence-corrected chi connectivity index (χ2v) is 8.76. The molecule has 9 heteroatoms. The van der Waals surface area contributed by atoms with Gasteiger partial charge in [0, 0.05) is 17.9 Å². The predicted molar refractivity (Wildman–Crippen MR) is 128 cm³/mol. The zero-order valence-electron chi connectivity index (χ0n) is 16.7. The molecular weight excluding hydrogens is 441 g/mol. The highest BCUT2D eigenvalue weighted by molar-refractivity contribution is 7.18. The van der Waals surface area contributed by atoms with E-state index in [9.17, 15) is 4.79 Å². The summed E-state index contributed by atoms with van der Waals surface area (Å²) in [7, 11) is 4.12. The minimum Gasteiger partial charge on any atom is -0.385 e. The minimum absolute atomic E-state index is 0.140. The number of nitrogens with two attached hydrogens (primary N) is 1. The van der Waals surface area contributed by atoms with E-state index in [1.807, 2.05) is 24.3 Å². The molecule has 0 aliphatic carbocycles. The van der Waals surface area contributed by atoms with Crippen LogP contribution >= 0.6 is 34.5 Å². The van der Waals surface area contributed by atoms with Crippen LogP contribution in [0.4, 0.5) is 22.3 Å². The first kappa shape index (κ1) is 22.4. The third kappa shape index (κ3) is 5.64. The Morgan fingerprint density at radius 1 is 1.13 bits per heavy atom. The summed E-state index contributed by atoms with van der Waals surface area (Å²) in [6, 6.07) is 12.8. The Morgan fingerprint density at radius 2 is 1.80 bits per heavy atom. The maximum absolute atomic E-state index is 12.9. The van der Waals surface area contributed by atoms with Gasteiger partial charge in [0.2, 0.25) is 5.78 Å². The molecule has 6 nitrogen and oxygen atoms in total. The maximum Gasteiger partial charge on any atom is 0.209 e. The molecular formula is C21H23Cl2N5OS. The summed E-state index contributed by atoms with van der Waals surface area (Å²) in [6.45, 7) is 1.90. The smallest absolute Gasteiger partial charge is 0.209 e. The average Bonchev–Trinajstić information content (AvgIpc) is 3.05. The number of carbonyl (C=O) groups excluding carboxylic acids is 1. The molecule has 0 amide bonds. The van der Waals surface area contributed by atoms with Gasteiger partial charge in [-0.15, -0.1) is 0 Å².